The van der Waals surface area contributed by atoms with Crippen LogP contribution in [0.1, 0.15) is 36.5 Å². The van der Waals surface area contributed by atoms with Crippen molar-refractivity contribution in [1.82, 2.24) is 4.90 Å². The lowest BCUT2D eigenvalue weighted by atomic mass is 10.1. The fraction of sp³-hybridized carbons (Fsp3) is 0.269. The molecular weight excluding hydrogens is 427 g/mol. The first-order valence-corrected chi connectivity index (χ1v) is 11.3. The number of rotatable bonds is 7. The Kier molecular flexibility index (Phi) is 8.00. The predicted octanol–water partition coefficient (Wildman–Crippen LogP) is 8.17. The van der Waals surface area contributed by atoms with Crippen LogP contribution in [0.3, 0.4) is 0 Å². The fourth-order valence-corrected chi connectivity index (χ4v) is 3.70. The first-order chi connectivity index (χ1) is 14.9. The van der Waals surface area contributed by atoms with E-state index in [2.05, 4.69) is 6.92 Å². The topological polar surface area (TPSA) is 23.6 Å². The lowest BCUT2D eigenvalue weighted by molar-refractivity contribution is 0.203. The summed E-state index contributed by atoms with van der Waals surface area (Å²) >= 11 is 12.8. The molecule has 3 aromatic rings. The lowest BCUT2D eigenvalue weighted by Crippen LogP contribution is -2.41. The Labute approximate surface area is 195 Å². The molecule has 5 heteroatoms. The summed E-state index contributed by atoms with van der Waals surface area (Å²) in [7, 11) is 0. The van der Waals surface area contributed by atoms with Crippen molar-refractivity contribution in [3.63, 3.8) is 0 Å². The second-order valence-corrected chi connectivity index (χ2v) is 8.56. The van der Waals surface area contributed by atoms with Gasteiger partial charge in [-0.2, -0.15) is 0 Å². The number of hydrogen-bond donors (Lipinski definition) is 0. The van der Waals surface area contributed by atoms with Crippen LogP contribution < -0.4 is 4.90 Å². The number of anilines is 2. The molecule has 0 unspecified atom stereocenters. The molecule has 0 aromatic heterocycles. The number of carbonyl (C=O) groups excluding carboxylic acids is 1. The van der Waals surface area contributed by atoms with Gasteiger partial charge in [0.05, 0.1) is 11.4 Å². The molecular formula is C26H28Cl2N2O. The average Bonchev–Trinajstić information content (AvgIpc) is 2.77. The van der Waals surface area contributed by atoms with E-state index >= 15 is 0 Å². The molecule has 0 aliphatic rings. The average molecular weight is 455 g/mol. The maximum Gasteiger partial charge on any atom is 0.329 e. The highest BCUT2D eigenvalue weighted by Crippen LogP contribution is 2.33. The summed E-state index contributed by atoms with van der Waals surface area (Å²) in [5.41, 5.74) is 4.46. The van der Waals surface area contributed by atoms with Crippen molar-refractivity contribution in [1.29, 1.82) is 0 Å². The quantitative estimate of drug-likeness (QED) is 0.352. The summed E-state index contributed by atoms with van der Waals surface area (Å²) in [4.78, 5) is 17.5. The molecule has 0 saturated heterocycles. The summed E-state index contributed by atoms with van der Waals surface area (Å²) in [6.07, 6.45) is 1.93. The number of halogens is 2. The van der Waals surface area contributed by atoms with Gasteiger partial charge >= 0.3 is 6.03 Å². The van der Waals surface area contributed by atoms with Crippen molar-refractivity contribution < 1.29 is 4.79 Å². The zero-order chi connectivity index (χ0) is 22.4. The lowest BCUT2D eigenvalue weighted by Gasteiger charge is -2.31. The number of unbranched alkanes of at least 4 members (excludes halogenated alkanes) is 1. The minimum atomic E-state index is -0.0999. The van der Waals surface area contributed by atoms with Crippen molar-refractivity contribution in [3.8, 4) is 0 Å². The zero-order valence-electron chi connectivity index (χ0n) is 18.2. The fourth-order valence-electron chi connectivity index (χ4n) is 3.35. The van der Waals surface area contributed by atoms with Crippen LogP contribution in [0.2, 0.25) is 10.0 Å². The van der Waals surface area contributed by atoms with Crippen LogP contribution in [-0.2, 0) is 6.54 Å². The first kappa shape index (κ1) is 23.2. The summed E-state index contributed by atoms with van der Waals surface area (Å²) in [6.45, 7) is 7.23. The van der Waals surface area contributed by atoms with Crippen LogP contribution in [0.5, 0.6) is 0 Å². The van der Waals surface area contributed by atoms with Crippen LogP contribution >= 0.6 is 23.2 Å². The van der Waals surface area contributed by atoms with Gasteiger partial charge in [0.2, 0.25) is 0 Å². The molecule has 0 heterocycles. The smallest absolute Gasteiger partial charge is 0.320 e. The van der Waals surface area contributed by atoms with Crippen molar-refractivity contribution in [2.75, 3.05) is 11.4 Å². The standard InChI is InChI=1S/C26H28Cl2N2O/c1-4-5-15-29(18-21-9-7-6-8-10-21)26(31)30(22-13-11-19(2)24(27)16-22)23-14-12-20(3)25(28)17-23/h6-14,16-17H,4-5,15,18H2,1-3H3. The molecule has 3 nitrogen and oxygen atoms in total. The van der Waals surface area contributed by atoms with Gasteiger partial charge in [0.1, 0.15) is 0 Å². The van der Waals surface area contributed by atoms with Gasteiger partial charge in [0.25, 0.3) is 0 Å². The molecule has 31 heavy (non-hydrogen) atoms. The second-order valence-electron chi connectivity index (χ2n) is 7.75. The Balaban J connectivity index is 2.05. The van der Waals surface area contributed by atoms with Crippen LogP contribution in [0, 0.1) is 13.8 Å². The monoisotopic (exact) mass is 454 g/mol. The van der Waals surface area contributed by atoms with E-state index in [4.69, 9.17) is 23.2 Å². The van der Waals surface area contributed by atoms with Crippen LogP contribution in [-0.4, -0.2) is 17.5 Å². The van der Waals surface area contributed by atoms with E-state index in [0.717, 1.165) is 40.9 Å². The molecule has 3 aromatic carbocycles. The molecule has 0 atom stereocenters. The van der Waals surface area contributed by atoms with E-state index in [1.165, 1.54) is 0 Å². The van der Waals surface area contributed by atoms with E-state index in [0.29, 0.717) is 23.1 Å². The van der Waals surface area contributed by atoms with Crippen molar-refractivity contribution >= 4 is 40.6 Å². The van der Waals surface area contributed by atoms with Crippen LogP contribution in [0.4, 0.5) is 16.2 Å². The molecule has 0 N–H and O–H groups in total. The molecule has 0 fully saturated rings. The molecule has 2 amide bonds. The number of hydrogen-bond acceptors (Lipinski definition) is 1. The van der Waals surface area contributed by atoms with Crippen molar-refractivity contribution in [2.24, 2.45) is 0 Å². The largest absolute Gasteiger partial charge is 0.329 e. The van der Waals surface area contributed by atoms with Gasteiger partial charge < -0.3 is 4.90 Å². The molecule has 0 saturated carbocycles. The highest BCUT2D eigenvalue weighted by molar-refractivity contribution is 6.32. The molecule has 0 radical (unpaired) electrons. The summed E-state index contributed by atoms with van der Waals surface area (Å²) in [5.74, 6) is 0. The van der Waals surface area contributed by atoms with E-state index in [9.17, 15) is 4.79 Å². The van der Waals surface area contributed by atoms with Gasteiger partial charge in [-0.1, -0.05) is 79.0 Å². The van der Waals surface area contributed by atoms with E-state index in [-0.39, 0.29) is 6.03 Å². The Morgan fingerprint density at radius 1 is 0.839 bits per heavy atom. The van der Waals surface area contributed by atoms with Gasteiger partial charge in [-0.05, 0) is 61.2 Å². The third-order valence-electron chi connectivity index (χ3n) is 5.29. The van der Waals surface area contributed by atoms with E-state index < -0.39 is 0 Å². The molecule has 162 valence electrons. The van der Waals surface area contributed by atoms with Crippen LogP contribution in [0.25, 0.3) is 0 Å². The SMILES string of the molecule is CCCCN(Cc1ccccc1)C(=O)N(c1ccc(C)c(Cl)c1)c1ccc(C)c(Cl)c1. The number of benzene rings is 3. The number of carbonyl (C=O) groups is 1. The third-order valence-corrected chi connectivity index (χ3v) is 6.10. The van der Waals surface area contributed by atoms with Gasteiger partial charge in [-0.15, -0.1) is 0 Å². The Bertz CT molecular complexity index is 985. The molecule has 0 bridgehead atoms. The maximum absolute atomic E-state index is 13.9. The normalized spacial score (nSPS) is 10.7. The van der Waals surface area contributed by atoms with Gasteiger partial charge in [-0.25, -0.2) is 4.79 Å². The highest BCUT2D eigenvalue weighted by atomic mass is 35.5. The number of aryl methyl sites for hydroxylation is 2. The molecule has 0 aliphatic heterocycles. The van der Waals surface area contributed by atoms with Gasteiger partial charge in [0.15, 0.2) is 0 Å². The molecule has 3 rings (SSSR count). The first-order valence-electron chi connectivity index (χ1n) is 10.6. The van der Waals surface area contributed by atoms with E-state index in [1.807, 2.05) is 85.5 Å². The molecule has 0 spiro atoms. The highest BCUT2D eigenvalue weighted by Gasteiger charge is 2.25. The minimum absolute atomic E-state index is 0.0999. The molecule has 0 aliphatic carbocycles. The summed E-state index contributed by atoms with van der Waals surface area (Å²) in [6, 6.07) is 21.3. The number of amides is 2. The summed E-state index contributed by atoms with van der Waals surface area (Å²) in [5, 5.41) is 1.24. The van der Waals surface area contributed by atoms with E-state index in [1.54, 1.807) is 4.90 Å². The van der Waals surface area contributed by atoms with Gasteiger partial charge in [0, 0.05) is 23.1 Å². The van der Waals surface area contributed by atoms with Crippen LogP contribution in [0.15, 0.2) is 66.7 Å². The summed E-state index contributed by atoms with van der Waals surface area (Å²) < 4.78 is 0. The Morgan fingerprint density at radius 3 is 1.87 bits per heavy atom. The Morgan fingerprint density at radius 2 is 1.39 bits per heavy atom. The number of nitrogens with zero attached hydrogens (tertiary/aromatic N) is 2. The maximum atomic E-state index is 13.9. The second kappa shape index (κ2) is 10.7. The minimum Gasteiger partial charge on any atom is -0.320 e. The number of urea groups is 1. The van der Waals surface area contributed by atoms with Gasteiger partial charge in [-0.3, -0.25) is 4.90 Å². The van der Waals surface area contributed by atoms with Crippen molar-refractivity contribution in [2.45, 2.75) is 40.2 Å². The predicted molar refractivity (Wildman–Crippen MR) is 132 cm³/mol. The van der Waals surface area contributed by atoms with Crippen molar-refractivity contribution in [3.05, 3.63) is 93.5 Å². The zero-order valence-corrected chi connectivity index (χ0v) is 19.7. The third kappa shape index (κ3) is 5.81. The Hall–Kier alpha value is -2.49.